The molecule has 140 valence electrons. The summed E-state index contributed by atoms with van der Waals surface area (Å²) in [6.07, 6.45) is 0. The van der Waals surface area contributed by atoms with E-state index in [9.17, 15) is 14.0 Å². The number of para-hydroxylation sites is 2. The first-order chi connectivity index (χ1) is 13.6. The van der Waals surface area contributed by atoms with E-state index < -0.39 is 30.2 Å². The second-order valence-corrected chi connectivity index (χ2v) is 6.27. The van der Waals surface area contributed by atoms with E-state index in [1.807, 2.05) is 24.3 Å². The molecule has 0 spiro atoms. The van der Waals surface area contributed by atoms with Crippen molar-refractivity contribution >= 4 is 17.6 Å². The Kier molecular flexibility index (Phi) is 4.76. The first kappa shape index (κ1) is 17.7. The molecule has 0 unspecified atom stereocenters. The molecular weight excluding hydrogens is 361 g/mol. The molecule has 1 aliphatic rings. The standard InChI is InChI=1S/C22H16FNO4/c23-14-9-11-15(12-10-14)24-20(25)13-27-22(26)21-16-5-1-3-7-18(16)28-19-8-4-2-6-17(19)21/h1-12,21H,13H2,(H,24,25). The zero-order valence-corrected chi connectivity index (χ0v) is 14.7. The van der Waals surface area contributed by atoms with Gasteiger partial charge in [0, 0.05) is 16.8 Å². The molecule has 0 bridgehead atoms. The Morgan fingerprint density at radius 1 is 0.893 bits per heavy atom. The average molecular weight is 377 g/mol. The van der Waals surface area contributed by atoms with Crippen molar-refractivity contribution in [3.05, 3.63) is 89.7 Å². The van der Waals surface area contributed by atoms with Gasteiger partial charge in [0.1, 0.15) is 23.2 Å². The largest absolute Gasteiger partial charge is 0.457 e. The van der Waals surface area contributed by atoms with Gasteiger partial charge in [0.2, 0.25) is 0 Å². The maximum Gasteiger partial charge on any atom is 0.318 e. The lowest BCUT2D eigenvalue weighted by Crippen LogP contribution is -2.26. The lowest BCUT2D eigenvalue weighted by Gasteiger charge is -2.26. The normalized spacial score (nSPS) is 12.3. The number of amides is 1. The lowest BCUT2D eigenvalue weighted by atomic mass is 9.88. The van der Waals surface area contributed by atoms with Gasteiger partial charge in [-0.25, -0.2) is 4.39 Å². The number of hydrogen-bond donors (Lipinski definition) is 1. The number of rotatable bonds is 4. The fraction of sp³-hybridized carbons (Fsp3) is 0.0909. The number of hydrogen-bond acceptors (Lipinski definition) is 4. The molecule has 1 amide bonds. The van der Waals surface area contributed by atoms with Gasteiger partial charge in [0.25, 0.3) is 5.91 Å². The van der Waals surface area contributed by atoms with E-state index in [-0.39, 0.29) is 0 Å². The summed E-state index contributed by atoms with van der Waals surface area (Å²) in [5, 5.41) is 2.56. The SMILES string of the molecule is O=C(COC(=O)C1c2ccccc2Oc2ccccc21)Nc1ccc(F)cc1. The van der Waals surface area contributed by atoms with Crippen LogP contribution in [-0.4, -0.2) is 18.5 Å². The number of esters is 1. The van der Waals surface area contributed by atoms with E-state index in [0.29, 0.717) is 28.3 Å². The molecule has 0 aliphatic carbocycles. The van der Waals surface area contributed by atoms with Crippen LogP contribution in [-0.2, 0) is 14.3 Å². The van der Waals surface area contributed by atoms with Crippen LogP contribution in [0.3, 0.4) is 0 Å². The Labute approximate surface area is 160 Å². The molecule has 0 fully saturated rings. The van der Waals surface area contributed by atoms with Crippen molar-refractivity contribution in [2.45, 2.75) is 5.92 Å². The van der Waals surface area contributed by atoms with Crippen LogP contribution in [0.15, 0.2) is 72.8 Å². The van der Waals surface area contributed by atoms with Gasteiger partial charge in [-0.05, 0) is 36.4 Å². The fourth-order valence-corrected chi connectivity index (χ4v) is 3.11. The highest BCUT2D eigenvalue weighted by molar-refractivity contribution is 5.94. The monoisotopic (exact) mass is 377 g/mol. The number of ether oxygens (including phenoxy) is 2. The summed E-state index contributed by atoms with van der Waals surface area (Å²) >= 11 is 0. The molecule has 3 aromatic rings. The number of nitrogens with one attached hydrogen (secondary N) is 1. The van der Waals surface area contributed by atoms with E-state index in [1.54, 1.807) is 24.3 Å². The first-order valence-corrected chi connectivity index (χ1v) is 8.69. The molecule has 0 atom stereocenters. The molecular formula is C22H16FNO4. The molecule has 4 rings (SSSR count). The van der Waals surface area contributed by atoms with E-state index in [4.69, 9.17) is 9.47 Å². The molecule has 6 heteroatoms. The minimum Gasteiger partial charge on any atom is -0.457 e. The number of carbonyl (C=O) groups is 2. The summed E-state index contributed by atoms with van der Waals surface area (Å²) in [6, 6.07) is 19.8. The number of anilines is 1. The highest BCUT2D eigenvalue weighted by Gasteiger charge is 2.33. The maximum atomic E-state index is 12.9. The van der Waals surface area contributed by atoms with E-state index in [0.717, 1.165) is 0 Å². The summed E-state index contributed by atoms with van der Waals surface area (Å²) in [7, 11) is 0. The van der Waals surface area contributed by atoms with Gasteiger partial charge in [0.05, 0.1) is 0 Å². The van der Waals surface area contributed by atoms with Crippen LogP contribution in [0.5, 0.6) is 11.5 Å². The molecule has 28 heavy (non-hydrogen) atoms. The van der Waals surface area contributed by atoms with E-state index in [1.165, 1.54) is 24.3 Å². The minimum atomic E-state index is -0.681. The Balaban J connectivity index is 1.49. The van der Waals surface area contributed by atoms with Gasteiger partial charge in [-0.15, -0.1) is 0 Å². The molecule has 1 aliphatic heterocycles. The van der Waals surface area contributed by atoms with Crippen LogP contribution < -0.4 is 10.1 Å². The summed E-state index contributed by atoms with van der Waals surface area (Å²) in [6.45, 7) is -0.447. The molecule has 0 radical (unpaired) electrons. The minimum absolute atomic E-state index is 0.402. The molecule has 0 aromatic heterocycles. The van der Waals surface area contributed by atoms with Crippen LogP contribution in [0.2, 0.25) is 0 Å². The second-order valence-electron chi connectivity index (χ2n) is 6.27. The maximum absolute atomic E-state index is 12.9. The van der Waals surface area contributed by atoms with Crippen molar-refractivity contribution < 1.29 is 23.5 Å². The van der Waals surface area contributed by atoms with Crippen LogP contribution in [0, 0.1) is 5.82 Å². The summed E-state index contributed by atoms with van der Waals surface area (Å²) in [5.41, 5.74) is 1.79. The molecule has 0 saturated carbocycles. The van der Waals surface area contributed by atoms with Gasteiger partial charge < -0.3 is 14.8 Å². The Bertz CT molecular complexity index is 987. The van der Waals surface area contributed by atoms with Crippen molar-refractivity contribution in [1.82, 2.24) is 0 Å². The van der Waals surface area contributed by atoms with E-state index >= 15 is 0 Å². The predicted molar refractivity (Wildman–Crippen MR) is 101 cm³/mol. The zero-order chi connectivity index (χ0) is 19.5. The van der Waals surface area contributed by atoms with Crippen molar-refractivity contribution in [2.75, 3.05) is 11.9 Å². The van der Waals surface area contributed by atoms with Gasteiger partial charge in [-0.2, -0.15) is 0 Å². The lowest BCUT2D eigenvalue weighted by molar-refractivity contribution is -0.148. The predicted octanol–water partition coefficient (Wildman–Crippen LogP) is 4.25. The van der Waals surface area contributed by atoms with Crippen LogP contribution >= 0.6 is 0 Å². The second kappa shape index (κ2) is 7.52. The third-order valence-electron chi connectivity index (χ3n) is 4.39. The van der Waals surface area contributed by atoms with Crippen LogP contribution in [0.25, 0.3) is 0 Å². The smallest absolute Gasteiger partial charge is 0.318 e. The number of benzene rings is 3. The molecule has 3 aromatic carbocycles. The average Bonchev–Trinajstić information content (AvgIpc) is 2.72. The number of carbonyl (C=O) groups excluding carboxylic acids is 2. The van der Waals surface area contributed by atoms with Gasteiger partial charge in [-0.3, -0.25) is 9.59 Å². The fourth-order valence-electron chi connectivity index (χ4n) is 3.11. The van der Waals surface area contributed by atoms with Gasteiger partial charge >= 0.3 is 5.97 Å². The van der Waals surface area contributed by atoms with Crippen LogP contribution in [0.1, 0.15) is 17.0 Å². The van der Waals surface area contributed by atoms with Crippen molar-refractivity contribution in [3.8, 4) is 11.5 Å². The van der Waals surface area contributed by atoms with Gasteiger partial charge in [-0.1, -0.05) is 36.4 Å². The first-order valence-electron chi connectivity index (χ1n) is 8.69. The third kappa shape index (κ3) is 3.57. The van der Waals surface area contributed by atoms with Crippen molar-refractivity contribution in [2.24, 2.45) is 0 Å². The Hall–Kier alpha value is -3.67. The summed E-state index contributed by atoms with van der Waals surface area (Å²) < 4.78 is 24.1. The molecule has 1 heterocycles. The number of fused-ring (bicyclic) bond motifs is 2. The third-order valence-corrected chi connectivity index (χ3v) is 4.39. The summed E-state index contributed by atoms with van der Waals surface area (Å²) in [4.78, 5) is 24.9. The Morgan fingerprint density at radius 2 is 1.46 bits per heavy atom. The summed E-state index contributed by atoms with van der Waals surface area (Å²) in [5.74, 6) is -0.968. The molecule has 5 nitrogen and oxygen atoms in total. The van der Waals surface area contributed by atoms with Crippen molar-refractivity contribution in [1.29, 1.82) is 0 Å². The van der Waals surface area contributed by atoms with E-state index in [2.05, 4.69) is 5.32 Å². The Morgan fingerprint density at radius 3 is 2.07 bits per heavy atom. The molecule has 0 saturated heterocycles. The van der Waals surface area contributed by atoms with Crippen molar-refractivity contribution in [3.63, 3.8) is 0 Å². The van der Waals surface area contributed by atoms with Crippen LogP contribution in [0.4, 0.5) is 10.1 Å². The topological polar surface area (TPSA) is 64.6 Å². The van der Waals surface area contributed by atoms with Gasteiger partial charge in [0.15, 0.2) is 6.61 Å². The zero-order valence-electron chi connectivity index (χ0n) is 14.7. The number of halogens is 1. The quantitative estimate of drug-likeness (QED) is 0.691. The molecule has 1 N–H and O–H groups in total. The highest BCUT2D eigenvalue weighted by Crippen LogP contribution is 2.44. The highest BCUT2D eigenvalue weighted by atomic mass is 19.1.